The van der Waals surface area contributed by atoms with E-state index in [-0.39, 0.29) is 50.4 Å². The first-order valence-electron chi connectivity index (χ1n) is 11.0. The van der Waals surface area contributed by atoms with Gasteiger partial charge in [-0.3, -0.25) is 10.2 Å². The van der Waals surface area contributed by atoms with Gasteiger partial charge in [-0.25, -0.2) is 8.78 Å². The second-order valence-corrected chi connectivity index (χ2v) is 7.09. The van der Waals surface area contributed by atoms with Crippen molar-refractivity contribution in [3.05, 3.63) is 64.7 Å². The highest BCUT2D eigenvalue weighted by Crippen LogP contribution is 2.30. The van der Waals surface area contributed by atoms with Crippen molar-refractivity contribution in [3.63, 3.8) is 0 Å². The van der Waals surface area contributed by atoms with Gasteiger partial charge >= 0.3 is 0 Å². The van der Waals surface area contributed by atoms with E-state index in [1.165, 1.54) is 0 Å². The van der Waals surface area contributed by atoms with Crippen LogP contribution < -0.4 is 15.8 Å². The van der Waals surface area contributed by atoms with Gasteiger partial charge < -0.3 is 30.0 Å². The Morgan fingerprint density at radius 2 is 1.66 bits per heavy atom. The van der Waals surface area contributed by atoms with Crippen molar-refractivity contribution < 1.29 is 32.5 Å². The summed E-state index contributed by atoms with van der Waals surface area (Å²) in [7, 11) is 0. The van der Waals surface area contributed by atoms with Gasteiger partial charge in [0.05, 0.1) is 25.4 Å². The largest absolute Gasteiger partial charge is 0.488 e. The number of nitrogen functional groups attached to an aromatic ring is 1. The van der Waals surface area contributed by atoms with Crippen LogP contribution in [0.2, 0.25) is 0 Å². The first-order valence-corrected chi connectivity index (χ1v) is 11.0. The van der Waals surface area contributed by atoms with Crippen LogP contribution in [0.4, 0.5) is 8.78 Å². The van der Waals surface area contributed by atoms with Crippen molar-refractivity contribution in [2.75, 3.05) is 39.6 Å². The lowest BCUT2D eigenvalue weighted by Crippen LogP contribution is -2.32. The molecule has 0 heterocycles. The summed E-state index contributed by atoms with van der Waals surface area (Å²) in [6.45, 7) is 5.28. The molecule has 11 heteroatoms. The highest BCUT2D eigenvalue weighted by molar-refractivity contribution is 5.94. The van der Waals surface area contributed by atoms with Crippen LogP contribution in [0, 0.1) is 17.0 Å². The molecule has 1 atom stereocenters. The van der Waals surface area contributed by atoms with Gasteiger partial charge in [-0.2, -0.15) is 0 Å². The Bertz CT molecular complexity index is 948. The fourth-order valence-electron chi connectivity index (χ4n) is 3.02. The molecule has 0 saturated heterocycles. The summed E-state index contributed by atoms with van der Waals surface area (Å²) in [6.07, 6.45) is -1.51. The summed E-state index contributed by atoms with van der Waals surface area (Å²) >= 11 is 0. The highest BCUT2D eigenvalue weighted by Gasteiger charge is 2.29. The number of carbonyl (C=O) groups is 1. The highest BCUT2D eigenvalue weighted by atomic mass is 35.5. The summed E-state index contributed by atoms with van der Waals surface area (Å²) in [4.78, 5) is 12.8. The molecule has 0 spiro atoms. The molecule has 0 aliphatic heterocycles. The van der Waals surface area contributed by atoms with Crippen molar-refractivity contribution in [3.8, 4) is 5.75 Å². The Morgan fingerprint density at radius 1 is 1.00 bits per heavy atom. The fourth-order valence-corrected chi connectivity index (χ4v) is 3.02. The Morgan fingerprint density at radius 3 is 2.29 bits per heavy atom. The van der Waals surface area contributed by atoms with Gasteiger partial charge in [0.1, 0.15) is 18.3 Å². The maximum atomic E-state index is 15.1. The monoisotopic (exact) mass is 515 g/mol. The van der Waals surface area contributed by atoms with Crippen LogP contribution in [0.3, 0.4) is 0 Å². The molecule has 0 aliphatic rings. The van der Waals surface area contributed by atoms with Crippen molar-refractivity contribution in [2.24, 2.45) is 5.73 Å². The lowest BCUT2D eigenvalue weighted by Gasteiger charge is -2.20. The minimum atomic E-state index is -1.51. The maximum Gasteiger partial charge on any atom is 0.254 e. The van der Waals surface area contributed by atoms with E-state index >= 15 is 4.39 Å². The van der Waals surface area contributed by atoms with Gasteiger partial charge in [0.25, 0.3) is 5.91 Å². The van der Waals surface area contributed by atoms with Gasteiger partial charge in [-0.05, 0) is 31.5 Å². The molecule has 2 aromatic carbocycles. The molecular formula is C24H32ClF2N3O5. The van der Waals surface area contributed by atoms with Gasteiger partial charge in [0, 0.05) is 25.3 Å². The third-order valence-corrected chi connectivity index (χ3v) is 4.72. The smallest absolute Gasteiger partial charge is 0.254 e. The summed E-state index contributed by atoms with van der Waals surface area (Å²) in [6, 6.07) is 8.86. The van der Waals surface area contributed by atoms with Gasteiger partial charge in [0.2, 0.25) is 0 Å². The number of amides is 1. The van der Waals surface area contributed by atoms with Crippen LogP contribution in [0.25, 0.3) is 0 Å². The Balaban J connectivity index is 0.00000612. The summed E-state index contributed by atoms with van der Waals surface area (Å²) in [5, 5.41) is 10.0. The van der Waals surface area contributed by atoms with Crippen LogP contribution in [-0.4, -0.2) is 51.4 Å². The van der Waals surface area contributed by atoms with E-state index in [1.807, 2.05) is 6.92 Å². The summed E-state index contributed by atoms with van der Waals surface area (Å²) < 4.78 is 50.9. The normalized spacial score (nSPS) is 11.4. The number of halogens is 3. The summed E-state index contributed by atoms with van der Waals surface area (Å²) in [5.41, 5.74) is 6.17. The topological polar surface area (TPSA) is 116 Å². The quantitative estimate of drug-likeness (QED) is 0.190. The predicted molar refractivity (Wildman–Crippen MR) is 130 cm³/mol. The molecule has 35 heavy (non-hydrogen) atoms. The van der Waals surface area contributed by atoms with Gasteiger partial charge in [0.15, 0.2) is 17.7 Å². The summed E-state index contributed by atoms with van der Waals surface area (Å²) in [5.74, 6) is -2.91. The van der Waals surface area contributed by atoms with Crippen LogP contribution in [0.15, 0.2) is 36.4 Å². The zero-order valence-electron chi connectivity index (χ0n) is 19.8. The SMILES string of the molecule is CCOCCOCCOc1ccc(F)c([C@H](OCC)C(=O)NCc2ccc(C(=N)N)cc2)c1F.Cl. The van der Waals surface area contributed by atoms with Gasteiger partial charge in [-0.15, -0.1) is 12.4 Å². The number of amidine groups is 1. The van der Waals surface area contributed by atoms with E-state index < -0.39 is 29.2 Å². The van der Waals surface area contributed by atoms with E-state index in [4.69, 9.17) is 30.1 Å². The maximum absolute atomic E-state index is 15.1. The van der Waals surface area contributed by atoms with Crippen molar-refractivity contribution in [2.45, 2.75) is 26.5 Å². The Labute approximate surface area is 210 Å². The molecular weight excluding hydrogens is 484 g/mol. The first-order chi connectivity index (χ1) is 16.4. The minimum absolute atomic E-state index is 0. The number of nitrogens with one attached hydrogen (secondary N) is 2. The number of benzene rings is 2. The molecule has 0 unspecified atom stereocenters. The lowest BCUT2D eigenvalue weighted by atomic mass is 10.1. The number of carbonyl (C=O) groups excluding carboxylic acids is 1. The molecule has 8 nitrogen and oxygen atoms in total. The van der Waals surface area contributed by atoms with Crippen molar-refractivity contribution in [1.82, 2.24) is 5.32 Å². The van der Waals surface area contributed by atoms with E-state index in [2.05, 4.69) is 5.32 Å². The molecule has 2 aromatic rings. The molecule has 0 aromatic heterocycles. The predicted octanol–water partition coefficient (Wildman–Crippen LogP) is 3.50. The third-order valence-electron chi connectivity index (χ3n) is 4.72. The first kappa shape index (κ1) is 30.2. The molecule has 4 N–H and O–H groups in total. The molecule has 0 radical (unpaired) electrons. The van der Waals surface area contributed by atoms with Crippen LogP contribution in [-0.2, 0) is 25.5 Å². The Hall–Kier alpha value is -2.79. The standard InChI is InChI=1S/C24H31F2N3O5.ClH/c1-3-31-11-12-32-13-14-34-19-10-9-18(25)20(21(19)26)22(33-4-2)24(30)29-15-16-5-7-17(8-6-16)23(27)28;/h5-10,22H,3-4,11-15H2,1-2H3,(H3,27,28)(H,29,30);1H/t22-;/m0./s1. The number of nitrogens with two attached hydrogens (primary N) is 1. The average Bonchev–Trinajstić information content (AvgIpc) is 2.83. The number of hydrogen-bond acceptors (Lipinski definition) is 6. The number of hydrogen-bond donors (Lipinski definition) is 3. The molecule has 2 rings (SSSR count). The minimum Gasteiger partial charge on any atom is -0.488 e. The second kappa shape index (κ2) is 16.0. The molecule has 1 amide bonds. The molecule has 0 fully saturated rings. The molecule has 194 valence electrons. The van der Waals surface area contributed by atoms with E-state index in [0.29, 0.717) is 25.4 Å². The fraction of sp³-hybridized carbons (Fsp3) is 0.417. The van der Waals surface area contributed by atoms with Crippen molar-refractivity contribution >= 4 is 24.1 Å². The Kier molecular flexibility index (Phi) is 13.8. The molecule has 0 saturated carbocycles. The number of rotatable bonds is 15. The second-order valence-electron chi connectivity index (χ2n) is 7.09. The van der Waals surface area contributed by atoms with Crippen LogP contribution >= 0.6 is 12.4 Å². The lowest BCUT2D eigenvalue weighted by molar-refractivity contribution is -0.133. The zero-order valence-corrected chi connectivity index (χ0v) is 20.6. The molecule has 0 aliphatic carbocycles. The third kappa shape index (κ3) is 9.41. The van der Waals surface area contributed by atoms with E-state index in [9.17, 15) is 9.18 Å². The average molecular weight is 516 g/mol. The van der Waals surface area contributed by atoms with E-state index in [1.54, 1.807) is 31.2 Å². The van der Waals surface area contributed by atoms with E-state index in [0.717, 1.165) is 17.7 Å². The zero-order chi connectivity index (χ0) is 24.9. The van der Waals surface area contributed by atoms with Crippen molar-refractivity contribution in [1.29, 1.82) is 5.41 Å². The van der Waals surface area contributed by atoms with Gasteiger partial charge in [-0.1, -0.05) is 24.3 Å². The van der Waals surface area contributed by atoms with Crippen LogP contribution in [0.1, 0.15) is 36.6 Å². The number of ether oxygens (including phenoxy) is 4. The molecule has 0 bridgehead atoms. The van der Waals surface area contributed by atoms with Crippen LogP contribution in [0.5, 0.6) is 5.75 Å².